The maximum atomic E-state index is 10.9. The molecule has 0 bridgehead atoms. The fourth-order valence-corrected chi connectivity index (χ4v) is 9.13. The predicted octanol–water partition coefficient (Wildman–Crippen LogP) is 39.4. The fraction of sp³-hybridized carbons (Fsp3) is 0.727. The number of hydrogen-bond acceptors (Lipinski definition) is 14. The average Bonchev–Trinajstić information content (AvgIpc) is 1.77. The van der Waals surface area contributed by atoms with Crippen LogP contribution < -0.4 is 21.3 Å². The minimum atomic E-state index is -0.187. The van der Waals surface area contributed by atoms with Crippen LogP contribution >= 0.6 is 0 Å². The molecule has 1 amide bonds. The topological polar surface area (TPSA) is 205 Å². The van der Waals surface area contributed by atoms with E-state index in [1.165, 1.54) is 141 Å². The Labute approximate surface area is 926 Å². The molecule has 6 saturated heterocycles. The molecule has 0 unspecified atom stereocenters. The van der Waals surface area contributed by atoms with E-state index in [1.54, 1.807) is 42.2 Å². The first-order chi connectivity index (χ1) is 67.9. The smallest absolute Gasteiger partial charge is 0.410 e. The van der Waals surface area contributed by atoms with Crippen molar-refractivity contribution in [3.8, 4) is 0 Å². The molecule has 16 rings (SSSR count). The van der Waals surface area contributed by atoms with Gasteiger partial charge in [-0.3, -0.25) is 29.9 Å². The molecule has 17 nitrogen and oxygen atoms in total. The number of rotatable bonds is 0. The van der Waals surface area contributed by atoms with Crippen molar-refractivity contribution in [3.05, 3.63) is 177 Å². The molecule has 870 valence electrons. The van der Waals surface area contributed by atoms with Crippen LogP contribution in [-0.2, 0) is 20.6 Å². The van der Waals surface area contributed by atoms with Crippen molar-refractivity contribution in [2.24, 2.45) is 70.0 Å². The van der Waals surface area contributed by atoms with E-state index in [9.17, 15) is 4.79 Å². The molecule has 8 aromatic rings. The summed E-state index contributed by atoms with van der Waals surface area (Å²) in [5.74, 6) is 0. The molecule has 17 heteroatoms. The molecular weight excluding hydrogens is 1830 g/mol. The van der Waals surface area contributed by atoms with Crippen LogP contribution in [0.15, 0.2) is 181 Å². The molecular formula is C132H252N12O5. The maximum Gasteiger partial charge on any atom is 0.410 e. The van der Waals surface area contributed by atoms with Gasteiger partial charge in [0.2, 0.25) is 0 Å². The molecule has 0 radical (unpaired) electrons. The number of H-pyrrole nitrogens is 2. The molecule has 5 aromatic heterocycles. The number of fused-ring (bicyclic) bond motifs is 3. The van der Waals surface area contributed by atoms with Gasteiger partial charge < -0.3 is 44.9 Å². The molecule has 149 heavy (non-hydrogen) atoms. The van der Waals surface area contributed by atoms with Crippen molar-refractivity contribution in [1.82, 2.24) is 56.3 Å². The third kappa shape index (κ3) is 217. The van der Waals surface area contributed by atoms with Gasteiger partial charge in [-0.05, 0) is 236 Å². The molecule has 7 aliphatic heterocycles. The Morgan fingerprint density at radius 3 is 0.812 bits per heavy atom. The lowest BCUT2D eigenvalue weighted by molar-refractivity contribution is 0.0968. The van der Waals surface area contributed by atoms with Crippen LogP contribution in [0.2, 0.25) is 0 Å². The van der Waals surface area contributed by atoms with Gasteiger partial charge in [0.1, 0.15) is 6.61 Å². The van der Waals surface area contributed by atoms with E-state index in [2.05, 4.69) is 399 Å². The van der Waals surface area contributed by atoms with E-state index in [0.29, 0.717) is 71.6 Å². The Bertz CT molecular complexity index is 3400. The van der Waals surface area contributed by atoms with Gasteiger partial charge in [0, 0.05) is 113 Å². The standard InChI is InChI=1S/C8H6N2.C8H7N.C7H6N2.C7H13NO2.C6H13N.C6H12.C5H5N.C5H10O.12C5H12.C4H10N2.C4H9N.C4H5N.C4H8O.C4H4O/c1-2-4-8-7(3-1)9-5-6-10-8;1-2-4-8-7(3-1)5-6-9-8;1-2-4-7-6(3-1)5-8-9-7;1-7(2,3)8-4-5-10-6(8)9;1-2-4-6-7-5-3-1;3*1-2-4-6-5-3-1;12*1-5(2,3)4;1-2-6-4-3-5-1;4*1-2-4-5-3-1/h1-6H;1-4,6H,5H2;1-5H,(H,8,9);4-5H2,1-3H3;7H,1-6H2;1-6H2;1-5H;1-5H2;12*1-4H3;5-6H,1-4H2;5H,1-4H2;1-5H;1-4H2;1-4H. The second kappa shape index (κ2) is 94.4. The Hall–Kier alpha value is -7.12. The SMILES string of the molecule is C1=Nc2ccccc2C1.C1CCCCC1.C1CCCNCC1.C1CCNC1.C1CCOC1.C1CCOCC1.C1CNCCN1.CC(C)(C)C.CC(C)(C)C.CC(C)(C)C.CC(C)(C)C.CC(C)(C)C.CC(C)(C)C.CC(C)(C)C.CC(C)(C)C.CC(C)(C)C.CC(C)(C)C.CC(C)(C)C.CC(C)(C)C.CC(C)(C)N1CCOC1=O.c1cc[nH]c1.c1ccc2[nH]ncc2c1.c1ccc2nccnc2c1.c1ccncc1.c1ccoc1. The van der Waals surface area contributed by atoms with Crippen LogP contribution in [0, 0.1) is 65.0 Å². The van der Waals surface area contributed by atoms with Crippen LogP contribution in [-0.4, -0.2) is 145 Å². The third-order valence-electron chi connectivity index (χ3n) is 14.1. The number of cyclic esters (lactones) is 1. The largest absolute Gasteiger partial charge is 0.473 e. The molecule has 7 fully saturated rings. The van der Waals surface area contributed by atoms with Gasteiger partial charge in [0.15, 0.2) is 0 Å². The zero-order valence-electron chi connectivity index (χ0n) is 108. The number of aromatic amines is 2. The molecule has 1 aliphatic carbocycles. The second-order valence-electron chi connectivity index (χ2n) is 58.5. The quantitative estimate of drug-likeness (QED) is 0.0837. The number of piperazine rings is 1. The highest BCUT2D eigenvalue weighted by atomic mass is 16.6. The van der Waals surface area contributed by atoms with E-state index in [-0.39, 0.29) is 11.6 Å². The number of carbonyl (C=O) groups excluding carboxylic acids is 1. The molecule has 3 aromatic carbocycles. The summed E-state index contributed by atoms with van der Waals surface area (Å²) < 4.78 is 19.4. The summed E-state index contributed by atoms with van der Waals surface area (Å²) in [5.41, 5.74) is 11.4. The van der Waals surface area contributed by atoms with Crippen molar-refractivity contribution in [3.63, 3.8) is 0 Å². The number of amides is 1. The van der Waals surface area contributed by atoms with Crippen molar-refractivity contribution >= 4 is 39.9 Å². The highest BCUT2D eigenvalue weighted by Gasteiger charge is 2.31. The number of hydrogen-bond donors (Lipinski definition) is 6. The van der Waals surface area contributed by atoms with Gasteiger partial charge in [0.05, 0.1) is 47.5 Å². The number of benzene rings is 3. The molecule has 8 aliphatic rings. The monoisotopic (exact) mass is 2090 g/mol. The Morgan fingerprint density at radius 2 is 0.577 bits per heavy atom. The van der Waals surface area contributed by atoms with Crippen LogP contribution in [0.4, 0.5) is 10.5 Å². The minimum absolute atomic E-state index is 0.0897. The predicted molar refractivity (Wildman–Crippen MR) is 669 cm³/mol. The lowest BCUT2D eigenvalue weighted by Crippen LogP contribution is -2.41. The van der Waals surface area contributed by atoms with E-state index < -0.39 is 0 Å². The number of nitrogens with zero attached hydrogens (tertiary/aromatic N) is 6. The van der Waals surface area contributed by atoms with Gasteiger partial charge in [-0.25, -0.2) is 4.79 Å². The number of furan rings is 1. The zero-order valence-corrected chi connectivity index (χ0v) is 108. The number of aromatic nitrogens is 6. The molecule has 6 N–H and O–H groups in total. The van der Waals surface area contributed by atoms with Crippen molar-refractivity contribution in [2.45, 2.75) is 474 Å². The zero-order chi connectivity index (χ0) is 117. The Morgan fingerprint density at radius 1 is 0.289 bits per heavy atom. The number of para-hydroxylation sites is 4. The van der Waals surface area contributed by atoms with Gasteiger partial charge in [0.25, 0.3) is 0 Å². The molecule has 0 spiro atoms. The van der Waals surface area contributed by atoms with Gasteiger partial charge in [-0.1, -0.05) is 438 Å². The van der Waals surface area contributed by atoms with Crippen molar-refractivity contribution < 1.29 is 23.4 Å². The van der Waals surface area contributed by atoms with E-state index in [0.717, 1.165) is 93.2 Å². The summed E-state index contributed by atoms with van der Waals surface area (Å²) in [5, 5.41) is 20.9. The maximum absolute atomic E-state index is 10.9. The highest BCUT2D eigenvalue weighted by molar-refractivity contribution is 5.77. The summed E-state index contributed by atoms with van der Waals surface area (Å²) in [7, 11) is 0. The molecule has 0 atom stereocenters. The first-order valence-corrected chi connectivity index (χ1v) is 56.9. The normalized spacial score (nSPS) is 14.8. The average molecular weight is 2090 g/mol. The number of carbonyl (C=O) groups is 1. The number of nitrogens with one attached hydrogen (secondary N) is 6. The number of aliphatic imine (C=N–C) groups is 1. The Balaban J connectivity index is -0.000000197. The van der Waals surface area contributed by atoms with Crippen molar-refractivity contribution in [2.75, 3.05) is 91.9 Å². The summed E-state index contributed by atoms with van der Waals surface area (Å²) in [6.07, 6.45) is 42.4. The first-order valence-electron chi connectivity index (χ1n) is 56.9. The summed E-state index contributed by atoms with van der Waals surface area (Å²) in [6, 6.07) is 37.3. The van der Waals surface area contributed by atoms with E-state index >= 15 is 0 Å². The van der Waals surface area contributed by atoms with E-state index in [1.807, 2.05) is 155 Å². The molecule has 1 saturated carbocycles. The van der Waals surface area contributed by atoms with E-state index in [4.69, 9.17) is 14.2 Å². The Kier molecular flexibility index (Phi) is 101. The number of ether oxygens (including phenoxy) is 3. The van der Waals surface area contributed by atoms with Gasteiger partial charge in [-0.15, -0.1) is 0 Å². The van der Waals surface area contributed by atoms with Crippen LogP contribution in [0.25, 0.3) is 21.9 Å². The number of pyridine rings is 1. The van der Waals surface area contributed by atoms with Crippen LogP contribution in [0.1, 0.15) is 468 Å². The van der Waals surface area contributed by atoms with Crippen LogP contribution in [0.5, 0.6) is 0 Å². The summed E-state index contributed by atoms with van der Waals surface area (Å²) in [6.45, 7) is 126. The second-order valence-corrected chi connectivity index (χ2v) is 58.5. The molecule has 12 heterocycles. The highest BCUT2D eigenvalue weighted by Crippen LogP contribution is 2.24. The minimum Gasteiger partial charge on any atom is -0.473 e. The van der Waals surface area contributed by atoms with Crippen molar-refractivity contribution in [1.29, 1.82) is 0 Å². The lowest BCUT2D eigenvalue weighted by atomic mass is 10.0. The summed E-state index contributed by atoms with van der Waals surface area (Å²) >= 11 is 0. The van der Waals surface area contributed by atoms with Gasteiger partial charge in [-0.2, -0.15) is 5.10 Å². The summed E-state index contributed by atoms with van der Waals surface area (Å²) in [4.78, 5) is 31.7. The van der Waals surface area contributed by atoms with Gasteiger partial charge >= 0.3 is 6.09 Å². The lowest BCUT2D eigenvalue weighted by Gasteiger charge is -2.28. The van der Waals surface area contributed by atoms with Crippen LogP contribution in [0.3, 0.4) is 0 Å². The fourth-order valence-electron chi connectivity index (χ4n) is 9.13. The first kappa shape index (κ1) is 159. The third-order valence-corrected chi connectivity index (χ3v) is 14.1.